The summed E-state index contributed by atoms with van der Waals surface area (Å²) in [6, 6.07) is 8.16. The topological polar surface area (TPSA) is 76.0 Å². The van der Waals surface area contributed by atoms with E-state index in [9.17, 15) is 22.8 Å². The normalized spacial score (nSPS) is 12.1. The third-order valence-electron chi connectivity index (χ3n) is 1.88. The SMILES string of the molecule is O=C(N=C(C(=O)O)C(F)(F)F)OCc1ccccc1. The molecule has 0 atom stereocenters. The first-order valence-electron chi connectivity index (χ1n) is 4.90. The molecule has 1 rings (SSSR count). The largest absolute Gasteiger partial charge is 0.477 e. The molecule has 0 heterocycles. The van der Waals surface area contributed by atoms with Gasteiger partial charge in [-0.1, -0.05) is 30.3 Å². The van der Waals surface area contributed by atoms with Crippen LogP contribution in [0.25, 0.3) is 0 Å². The highest BCUT2D eigenvalue weighted by Gasteiger charge is 2.42. The van der Waals surface area contributed by atoms with Gasteiger partial charge in [-0.15, -0.1) is 0 Å². The number of aliphatic carboxylic acids is 1. The molecule has 0 radical (unpaired) electrons. The lowest BCUT2D eigenvalue weighted by molar-refractivity contribution is -0.133. The van der Waals surface area contributed by atoms with Crippen LogP contribution in [-0.2, 0) is 16.1 Å². The molecule has 5 nitrogen and oxygen atoms in total. The fraction of sp³-hybridized carbons (Fsp3) is 0.182. The number of carboxylic acids is 1. The zero-order chi connectivity index (χ0) is 14.5. The molecule has 0 unspecified atom stereocenters. The Morgan fingerprint density at radius 2 is 1.79 bits per heavy atom. The highest BCUT2D eigenvalue weighted by Crippen LogP contribution is 2.18. The van der Waals surface area contributed by atoms with Crippen LogP contribution in [-0.4, -0.2) is 29.1 Å². The monoisotopic (exact) mass is 275 g/mol. The van der Waals surface area contributed by atoms with Gasteiger partial charge in [-0.3, -0.25) is 0 Å². The number of aliphatic imine (C=N–C) groups is 1. The Morgan fingerprint density at radius 1 is 1.21 bits per heavy atom. The third-order valence-corrected chi connectivity index (χ3v) is 1.88. The number of nitrogens with zero attached hydrogens (tertiary/aromatic N) is 1. The Bertz CT molecular complexity index is 496. The van der Waals surface area contributed by atoms with Gasteiger partial charge < -0.3 is 9.84 Å². The van der Waals surface area contributed by atoms with E-state index in [1.807, 2.05) is 0 Å². The summed E-state index contributed by atoms with van der Waals surface area (Å²) in [6.07, 6.45) is -6.84. The molecule has 0 aromatic heterocycles. The van der Waals surface area contributed by atoms with Crippen LogP contribution in [0.15, 0.2) is 35.3 Å². The van der Waals surface area contributed by atoms with E-state index in [1.165, 1.54) is 0 Å². The summed E-state index contributed by atoms with van der Waals surface area (Å²) < 4.78 is 40.9. The summed E-state index contributed by atoms with van der Waals surface area (Å²) in [4.78, 5) is 23.7. The van der Waals surface area contributed by atoms with Crippen molar-refractivity contribution in [2.45, 2.75) is 12.8 Å². The van der Waals surface area contributed by atoms with Crippen LogP contribution in [0.2, 0.25) is 0 Å². The van der Waals surface area contributed by atoms with E-state index in [1.54, 1.807) is 30.3 Å². The lowest BCUT2D eigenvalue weighted by Crippen LogP contribution is -2.32. The first kappa shape index (κ1) is 14.7. The van der Waals surface area contributed by atoms with Gasteiger partial charge in [0.1, 0.15) is 6.61 Å². The van der Waals surface area contributed by atoms with Crippen molar-refractivity contribution in [3.63, 3.8) is 0 Å². The van der Waals surface area contributed by atoms with Crippen LogP contribution in [0.1, 0.15) is 5.56 Å². The van der Waals surface area contributed by atoms with E-state index in [4.69, 9.17) is 5.11 Å². The number of carbonyl (C=O) groups excluding carboxylic acids is 1. The smallest absolute Gasteiger partial charge is 0.440 e. The minimum Gasteiger partial charge on any atom is -0.477 e. The molecule has 0 bridgehead atoms. The van der Waals surface area contributed by atoms with E-state index in [0.29, 0.717) is 5.56 Å². The molecule has 8 heteroatoms. The Morgan fingerprint density at radius 3 is 2.26 bits per heavy atom. The zero-order valence-electron chi connectivity index (χ0n) is 9.35. The molecule has 0 saturated carbocycles. The number of benzene rings is 1. The van der Waals surface area contributed by atoms with Crippen LogP contribution in [0, 0.1) is 0 Å². The van der Waals surface area contributed by atoms with Crippen molar-refractivity contribution < 1.29 is 32.6 Å². The number of hydrogen-bond acceptors (Lipinski definition) is 3. The van der Waals surface area contributed by atoms with Crippen LogP contribution in [0.5, 0.6) is 0 Å². The summed E-state index contributed by atoms with van der Waals surface area (Å²) in [7, 11) is 0. The van der Waals surface area contributed by atoms with Crippen LogP contribution >= 0.6 is 0 Å². The quantitative estimate of drug-likeness (QED) is 0.859. The third kappa shape index (κ3) is 4.78. The van der Waals surface area contributed by atoms with E-state index in [0.717, 1.165) is 0 Å². The second kappa shape index (κ2) is 5.98. The van der Waals surface area contributed by atoms with Crippen molar-refractivity contribution in [2.75, 3.05) is 0 Å². The maximum Gasteiger partial charge on any atom is 0.440 e. The van der Waals surface area contributed by atoms with Crippen molar-refractivity contribution >= 4 is 17.8 Å². The first-order valence-corrected chi connectivity index (χ1v) is 4.90. The van der Waals surface area contributed by atoms with Crippen molar-refractivity contribution in [3.8, 4) is 0 Å². The Hall–Kier alpha value is -2.38. The molecule has 19 heavy (non-hydrogen) atoms. The minimum atomic E-state index is -5.22. The number of alkyl halides is 3. The van der Waals surface area contributed by atoms with E-state index < -0.39 is 24.0 Å². The average molecular weight is 275 g/mol. The maximum absolute atomic E-state index is 12.2. The lowest BCUT2D eigenvalue weighted by Gasteiger charge is -2.06. The molecule has 102 valence electrons. The minimum absolute atomic E-state index is 0.298. The lowest BCUT2D eigenvalue weighted by atomic mass is 10.2. The van der Waals surface area contributed by atoms with Gasteiger partial charge >= 0.3 is 18.2 Å². The van der Waals surface area contributed by atoms with Gasteiger partial charge in [0.05, 0.1) is 0 Å². The standard InChI is InChI=1S/C11H8F3NO4/c12-11(13,14)8(9(16)17)15-10(18)19-6-7-4-2-1-3-5-7/h1-5H,6H2,(H,16,17). The Labute approximate surface area is 105 Å². The molecule has 0 fully saturated rings. The summed E-state index contributed by atoms with van der Waals surface area (Å²) in [6.45, 7) is -0.298. The second-order valence-electron chi connectivity index (χ2n) is 3.30. The number of ether oxygens (including phenoxy) is 1. The zero-order valence-corrected chi connectivity index (χ0v) is 9.35. The van der Waals surface area contributed by atoms with Gasteiger partial charge in [0, 0.05) is 0 Å². The highest BCUT2D eigenvalue weighted by molar-refractivity contribution is 6.39. The molecule has 0 saturated heterocycles. The number of carbonyl (C=O) groups is 2. The molecule has 0 aliphatic heterocycles. The highest BCUT2D eigenvalue weighted by atomic mass is 19.4. The molecule has 0 spiro atoms. The van der Waals surface area contributed by atoms with E-state index in [-0.39, 0.29) is 6.61 Å². The van der Waals surface area contributed by atoms with Gasteiger partial charge in [0.15, 0.2) is 0 Å². The molecular formula is C11H8F3NO4. The van der Waals surface area contributed by atoms with E-state index >= 15 is 0 Å². The molecular weight excluding hydrogens is 267 g/mol. The fourth-order valence-corrected chi connectivity index (χ4v) is 1.08. The number of hydrogen-bond donors (Lipinski definition) is 1. The summed E-state index contributed by atoms with van der Waals surface area (Å²) >= 11 is 0. The van der Waals surface area contributed by atoms with Gasteiger partial charge in [-0.05, 0) is 5.56 Å². The first-order chi connectivity index (χ1) is 8.80. The Balaban J connectivity index is 2.70. The second-order valence-corrected chi connectivity index (χ2v) is 3.30. The predicted molar refractivity (Wildman–Crippen MR) is 57.8 cm³/mol. The van der Waals surface area contributed by atoms with Crippen molar-refractivity contribution in [1.82, 2.24) is 0 Å². The van der Waals surface area contributed by atoms with E-state index in [2.05, 4.69) is 9.73 Å². The van der Waals surface area contributed by atoms with Gasteiger partial charge in [-0.25, -0.2) is 9.59 Å². The molecule has 0 aliphatic carbocycles. The predicted octanol–water partition coefficient (Wildman–Crippen LogP) is 2.41. The van der Waals surface area contributed by atoms with Crippen LogP contribution in [0.3, 0.4) is 0 Å². The van der Waals surface area contributed by atoms with Gasteiger partial charge in [0.25, 0.3) is 0 Å². The number of halogens is 3. The summed E-state index contributed by atoms with van der Waals surface area (Å²) in [5.41, 5.74) is -1.68. The van der Waals surface area contributed by atoms with Crippen LogP contribution in [0.4, 0.5) is 18.0 Å². The van der Waals surface area contributed by atoms with Crippen molar-refractivity contribution in [1.29, 1.82) is 0 Å². The maximum atomic E-state index is 12.2. The summed E-state index contributed by atoms with van der Waals surface area (Å²) in [5, 5.41) is 8.28. The number of rotatable bonds is 3. The molecule has 1 aromatic rings. The van der Waals surface area contributed by atoms with Crippen molar-refractivity contribution in [3.05, 3.63) is 35.9 Å². The average Bonchev–Trinajstić information content (AvgIpc) is 2.33. The van der Waals surface area contributed by atoms with Gasteiger partial charge in [0.2, 0.25) is 5.71 Å². The molecule has 1 N–H and O–H groups in total. The number of carboxylic acid groups (broad SMARTS) is 1. The van der Waals surface area contributed by atoms with Gasteiger partial charge in [-0.2, -0.15) is 18.2 Å². The summed E-state index contributed by atoms with van der Waals surface area (Å²) in [5.74, 6) is -2.34. The fourth-order valence-electron chi connectivity index (χ4n) is 1.08. The molecule has 1 aromatic carbocycles. The van der Waals surface area contributed by atoms with Crippen molar-refractivity contribution in [2.24, 2.45) is 4.99 Å². The Kier molecular flexibility index (Phi) is 4.62. The molecule has 1 amide bonds. The molecule has 0 aliphatic rings. The number of amides is 1. The van der Waals surface area contributed by atoms with Crippen LogP contribution < -0.4 is 0 Å².